The molecule has 2 amide bonds. The molecule has 1 saturated heterocycles. The molecule has 1 atom stereocenters. The maximum absolute atomic E-state index is 12.9. The van der Waals surface area contributed by atoms with Gasteiger partial charge in [0.1, 0.15) is 6.04 Å². The van der Waals surface area contributed by atoms with Gasteiger partial charge in [-0.15, -0.1) is 11.3 Å². The van der Waals surface area contributed by atoms with Gasteiger partial charge in [-0.05, 0) is 48.4 Å². The zero-order valence-corrected chi connectivity index (χ0v) is 20.1. The average Bonchev–Trinajstić information content (AvgIpc) is 3.52. The Morgan fingerprint density at radius 1 is 1.16 bits per heavy atom. The number of amides is 2. The molecule has 1 fully saturated rings. The number of carbonyl (C=O) groups is 2. The first kappa shape index (κ1) is 22.8. The minimum atomic E-state index is -3.53. The van der Waals surface area contributed by atoms with Crippen molar-refractivity contribution in [2.75, 3.05) is 18.4 Å². The Balaban J connectivity index is 1.51. The summed E-state index contributed by atoms with van der Waals surface area (Å²) in [7, 11) is -3.53. The van der Waals surface area contributed by atoms with Crippen molar-refractivity contribution in [3.8, 4) is 0 Å². The van der Waals surface area contributed by atoms with Gasteiger partial charge in [-0.3, -0.25) is 9.59 Å². The van der Waals surface area contributed by atoms with Crippen molar-refractivity contribution in [1.29, 1.82) is 0 Å². The maximum atomic E-state index is 12.9. The summed E-state index contributed by atoms with van der Waals surface area (Å²) in [5, 5.41) is 7.72. The third-order valence-electron chi connectivity index (χ3n) is 5.27. The molecule has 3 aromatic rings. The van der Waals surface area contributed by atoms with Crippen LogP contribution in [0.2, 0.25) is 0 Å². The molecule has 1 aliphatic heterocycles. The quantitative estimate of drug-likeness (QED) is 0.524. The van der Waals surface area contributed by atoms with E-state index in [4.69, 9.17) is 0 Å². The van der Waals surface area contributed by atoms with Gasteiger partial charge < -0.3 is 10.6 Å². The summed E-state index contributed by atoms with van der Waals surface area (Å²) in [4.78, 5) is 30.5. The van der Waals surface area contributed by atoms with Crippen LogP contribution in [-0.4, -0.2) is 48.7 Å². The van der Waals surface area contributed by atoms with Crippen LogP contribution in [0.25, 0.3) is 10.2 Å². The lowest BCUT2D eigenvalue weighted by molar-refractivity contribution is -0.118. The van der Waals surface area contributed by atoms with Gasteiger partial charge in [-0.1, -0.05) is 31.3 Å². The number of rotatable bonds is 7. The first-order chi connectivity index (χ1) is 15.3. The minimum Gasteiger partial charge on any atom is -0.339 e. The molecule has 1 unspecified atom stereocenters. The molecular formula is C21H24N4O4S3. The number of hydrogen-bond acceptors (Lipinski definition) is 7. The lowest BCUT2D eigenvalue weighted by Gasteiger charge is -2.20. The molecule has 4 rings (SSSR count). The van der Waals surface area contributed by atoms with E-state index in [1.807, 2.05) is 13.8 Å². The predicted molar refractivity (Wildman–Crippen MR) is 127 cm³/mol. The fraction of sp³-hybridized carbons (Fsp3) is 0.381. The smallest absolute Gasteiger partial charge is 0.262 e. The van der Waals surface area contributed by atoms with Crippen LogP contribution in [0.5, 0.6) is 0 Å². The van der Waals surface area contributed by atoms with Gasteiger partial charge in [0.05, 0.1) is 20.0 Å². The number of anilines is 1. The molecule has 170 valence electrons. The van der Waals surface area contributed by atoms with E-state index in [0.29, 0.717) is 33.3 Å². The topological polar surface area (TPSA) is 108 Å². The number of sulfonamides is 1. The van der Waals surface area contributed by atoms with Crippen molar-refractivity contribution in [3.63, 3.8) is 0 Å². The van der Waals surface area contributed by atoms with Gasteiger partial charge in [0.2, 0.25) is 15.9 Å². The van der Waals surface area contributed by atoms with Crippen LogP contribution in [0.1, 0.15) is 36.4 Å². The summed E-state index contributed by atoms with van der Waals surface area (Å²) in [5.41, 5.74) is 0.606. The molecule has 2 N–H and O–H groups in total. The van der Waals surface area contributed by atoms with Crippen molar-refractivity contribution in [2.24, 2.45) is 5.92 Å². The van der Waals surface area contributed by atoms with Gasteiger partial charge in [-0.2, -0.15) is 4.31 Å². The second kappa shape index (κ2) is 9.26. The molecule has 32 heavy (non-hydrogen) atoms. The van der Waals surface area contributed by atoms with Crippen LogP contribution in [0.15, 0.2) is 40.6 Å². The van der Waals surface area contributed by atoms with E-state index in [9.17, 15) is 18.0 Å². The number of aromatic nitrogens is 1. The molecule has 1 aromatic carbocycles. The lowest BCUT2D eigenvalue weighted by atomic mass is 10.0. The van der Waals surface area contributed by atoms with E-state index in [0.717, 1.165) is 12.8 Å². The Morgan fingerprint density at radius 3 is 2.56 bits per heavy atom. The standard InChI is InChI=1S/C21H24N4O4S3/c1-13(2)18(23-19(26)16-6-5-11-30-16)20(27)24-21-22-15-8-7-14(12-17(15)31-21)32(28,29)25-9-3-4-10-25/h5-8,11-13,18H,3-4,9-10H2,1-2H3,(H,23,26)(H,22,24,27). The van der Waals surface area contributed by atoms with E-state index in [-0.39, 0.29) is 22.6 Å². The van der Waals surface area contributed by atoms with Crippen LogP contribution in [-0.2, 0) is 14.8 Å². The highest BCUT2D eigenvalue weighted by Gasteiger charge is 2.28. The van der Waals surface area contributed by atoms with Crippen molar-refractivity contribution in [2.45, 2.75) is 37.6 Å². The zero-order valence-electron chi connectivity index (χ0n) is 17.7. The summed E-state index contributed by atoms with van der Waals surface area (Å²) >= 11 is 2.52. The Hall–Kier alpha value is -2.34. The molecule has 0 saturated carbocycles. The summed E-state index contributed by atoms with van der Waals surface area (Å²) in [6.07, 6.45) is 1.75. The van der Waals surface area contributed by atoms with Crippen LogP contribution in [0.4, 0.5) is 5.13 Å². The fourth-order valence-corrected chi connectivity index (χ4v) is 6.69. The Kier molecular flexibility index (Phi) is 6.61. The molecule has 0 radical (unpaired) electrons. The minimum absolute atomic E-state index is 0.134. The van der Waals surface area contributed by atoms with Gasteiger partial charge in [0.25, 0.3) is 5.91 Å². The van der Waals surface area contributed by atoms with Crippen LogP contribution in [0, 0.1) is 5.92 Å². The largest absolute Gasteiger partial charge is 0.339 e. The third kappa shape index (κ3) is 4.70. The maximum Gasteiger partial charge on any atom is 0.262 e. The predicted octanol–water partition coefficient (Wildman–Crippen LogP) is 3.54. The Labute approximate surface area is 194 Å². The molecule has 1 aliphatic rings. The monoisotopic (exact) mass is 492 g/mol. The number of nitrogens with one attached hydrogen (secondary N) is 2. The van der Waals surface area contributed by atoms with Gasteiger partial charge in [0.15, 0.2) is 5.13 Å². The first-order valence-electron chi connectivity index (χ1n) is 10.3. The van der Waals surface area contributed by atoms with Crippen molar-refractivity contribution in [1.82, 2.24) is 14.6 Å². The molecule has 0 spiro atoms. The molecule has 0 aliphatic carbocycles. The number of fused-ring (bicyclic) bond motifs is 1. The van der Waals surface area contributed by atoms with Crippen molar-refractivity contribution >= 4 is 59.9 Å². The van der Waals surface area contributed by atoms with Crippen molar-refractivity contribution < 1.29 is 18.0 Å². The van der Waals surface area contributed by atoms with Crippen LogP contribution >= 0.6 is 22.7 Å². The zero-order chi connectivity index (χ0) is 22.9. The highest BCUT2D eigenvalue weighted by atomic mass is 32.2. The summed E-state index contributed by atoms with van der Waals surface area (Å²) in [6, 6.07) is 7.57. The van der Waals surface area contributed by atoms with E-state index in [2.05, 4.69) is 15.6 Å². The lowest BCUT2D eigenvalue weighted by Crippen LogP contribution is -2.46. The van der Waals surface area contributed by atoms with Crippen LogP contribution in [0.3, 0.4) is 0 Å². The number of carbonyl (C=O) groups excluding carboxylic acids is 2. The normalized spacial score (nSPS) is 15.8. The first-order valence-corrected chi connectivity index (χ1v) is 13.5. The SMILES string of the molecule is CC(C)C(NC(=O)c1cccs1)C(=O)Nc1nc2ccc(S(=O)(=O)N3CCCC3)cc2s1. The number of thiazole rings is 1. The van der Waals surface area contributed by atoms with Crippen molar-refractivity contribution in [3.05, 3.63) is 40.6 Å². The fourth-order valence-electron chi connectivity index (χ4n) is 3.53. The van der Waals surface area contributed by atoms with E-state index in [1.165, 1.54) is 27.0 Å². The molecular weight excluding hydrogens is 468 g/mol. The molecule has 8 nitrogen and oxygen atoms in total. The molecule has 2 aromatic heterocycles. The number of nitrogens with zero attached hydrogens (tertiary/aromatic N) is 2. The van der Waals surface area contributed by atoms with E-state index in [1.54, 1.807) is 35.7 Å². The summed E-state index contributed by atoms with van der Waals surface area (Å²) < 4.78 is 27.8. The highest BCUT2D eigenvalue weighted by Crippen LogP contribution is 2.30. The van der Waals surface area contributed by atoms with E-state index < -0.39 is 16.1 Å². The van der Waals surface area contributed by atoms with Gasteiger partial charge in [-0.25, -0.2) is 13.4 Å². The molecule has 3 heterocycles. The average molecular weight is 493 g/mol. The van der Waals surface area contributed by atoms with E-state index >= 15 is 0 Å². The van der Waals surface area contributed by atoms with Gasteiger partial charge >= 0.3 is 0 Å². The summed E-state index contributed by atoms with van der Waals surface area (Å²) in [5.74, 6) is -0.797. The second-order valence-electron chi connectivity index (χ2n) is 7.92. The highest BCUT2D eigenvalue weighted by molar-refractivity contribution is 7.89. The number of thiophene rings is 1. The third-order valence-corrected chi connectivity index (χ3v) is 8.97. The van der Waals surface area contributed by atoms with Crippen LogP contribution < -0.4 is 10.6 Å². The van der Waals surface area contributed by atoms with Gasteiger partial charge in [0, 0.05) is 13.1 Å². The Morgan fingerprint density at radius 2 is 1.91 bits per heavy atom. The second-order valence-corrected chi connectivity index (χ2v) is 11.8. The number of hydrogen-bond donors (Lipinski definition) is 2. The number of benzene rings is 1. The summed E-state index contributed by atoms with van der Waals surface area (Å²) in [6.45, 7) is 4.79. The molecule has 11 heteroatoms. The Bertz CT molecular complexity index is 1230. The molecule has 0 bridgehead atoms.